The maximum absolute atomic E-state index is 13.2. The molecule has 0 saturated carbocycles. The Hall–Kier alpha value is -3.13. The van der Waals surface area contributed by atoms with Crippen LogP contribution in [0.25, 0.3) is 11.3 Å². The summed E-state index contributed by atoms with van der Waals surface area (Å²) in [6, 6.07) is 12.8. The van der Waals surface area contributed by atoms with Gasteiger partial charge in [0, 0.05) is 17.8 Å². The number of amides is 1. The molecule has 29 heavy (non-hydrogen) atoms. The molecule has 2 heterocycles. The van der Waals surface area contributed by atoms with E-state index in [9.17, 15) is 13.2 Å². The first-order valence-corrected chi connectivity index (χ1v) is 10.8. The fraction of sp³-hybridized carbons (Fsp3) is 0.238. The molecule has 0 unspecified atom stereocenters. The van der Waals surface area contributed by atoms with Crippen molar-refractivity contribution >= 4 is 21.4 Å². The summed E-state index contributed by atoms with van der Waals surface area (Å²) in [6.07, 6.45) is 0. The summed E-state index contributed by atoms with van der Waals surface area (Å²) in [6.45, 7) is 4.10. The Morgan fingerprint density at radius 1 is 1.14 bits per heavy atom. The molecule has 1 aliphatic rings. The monoisotopic (exact) mass is 411 g/mol. The van der Waals surface area contributed by atoms with Gasteiger partial charge >= 0.3 is 0 Å². The molecule has 8 heteroatoms. The first kappa shape index (κ1) is 19.2. The number of aromatic nitrogens is 2. The van der Waals surface area contributed by atoms with Crippen LogP contribution in [-0.2, 0) is 16.4 Å². The zero-order chi connectivity index (χ0) is 20.8. The van der Waals surface area contributed by atoms with Gasteiger partial charge < -0.3 is 14.6 Å². The predicted octanol–water partition coefficient (Wildman–Crippen LogP) is 3.22. The highest BCUT2D eigenvalue weighted by atomic mass is 32.2. The number of hydrogen-bond acceptors (Lipinski definition) is 5. The van der Waals surface area contributed by atoms with Gasteiger partial charge in [-0.2, -0.15) is 0 Å². The Balaban J connectivity index is 1.81. The summed E-state index contributed by atoms with van der Waals surface area (Å²) in [5.41, 5.74) is 3.93. The second-order valence-electron chi connectivity index (χ2n) is 7.06. The van der Waals surface area contributed by atoms with Crippen molar-refractivity contribution in [3.63, 3.8) is 0 Å². The van der Waals surface area contributed by atoms with E-state index in [1.54, 1.807) is 31.4 Å². The molecule has 0 radical (unpaired) electrons. The number of nitrogens with zero attached hydrogens (tertiary/aromatic N) is 2. The highest BCUT2D eigenvalue weighted by Gasteiger charge is 2.35. The van der Waals surface area contributed by atoms with Gasteiger partial charge in [0.15, 0.2) is 0 Å². The topological polar surface area (TPSA) is 90.3 Å². The molecule has 0 fully saturated rings. The predicted molar refractivity (Wildman–Crippen MR) is 110 cm³/mol. The fourth-order valence-corrected chi connectivity index (χ4v) is 4.85. The molecule has 1 aliphatic heterocycles. The van der Waals surface area contributed by atoms with Crippen LogP contribution in [0.2, 0.25) is 0 Å². The average molecular weight is 411 g/mol. The van der Waals surface area contributed by atoms with Gasteiger partial charge in [-0.25, -0.2) is 13.4 Å². The maximum atomic E-state index is 13.2. The van der Waals surface area contributed by atoms with E-state index in [0.717, 1.165) is 11.1 Å². The quantitative estimate of drug-likeness (QED) is 0.712. The molecule has 2 aromatic carbocycles. The number of ether oxygens (including phenoxy) is 1. The van der Waals surface area contributed by atoms with Crippen LogP contribution in [0.15, 0.2) is 47.6 Å². The average Bonchev–Trinajstić information content (AvgIpc) is 3.22. The highest BCUT2D eigenvalue weighted by Crippen LogP contribution is 2.32. The van der Waals surface area contributed by atoms with Gasteiger partial charge in [-0.05, 0) is 49.7 Å². The van der Waals surface area contributed by atoms with Gasteiger partial charge in [0.05, 0.1) is 12.9 Å². The summed E-state index contributed by atoms with van der Waals surface area (Å²) in [5.74, 6) is 0.218. The van der Waals surface area contributed by atoms with E-state index in [4.69, 9.17) is 4.74 Å². The van der Waals surface area contributed by atoms with Crippen molar-refractivity contribution in [1.82, 2.24) is 9.55 Å². The summed E-state index contributed by atoms with van der Waals surface area (Å²) >= 11 is 0. The number of hydrogen-bond donors (Lipinski definition) is 1. The molecule has 1 aromatic heterocycles. The Labute approximate surface area is 169 Å². The summed E-state index contributed by atoms with van der Waals surface area (Å²) in [5, 5.41) is 2.85. The van der Waals surface area contributed by atoms with E-state index < -0.39 is 15.7 Å². The van der Waals surface area contributed by atoms with E-state index in [2.05, 4.69) is 10.3 Å². The summed E-state index contributed by atoms with van der Waals surface area (Å²) in [7, 11) is -1.94. The molecule has 0 atom stereocenters. The number of nitrogens with one attached hydrogen (secondary N) is 1. The lowest BCUT2D eigenvalue weighted by Gasteiger charge is -2.11. The van der Waals surface area contributed by atoms with Gasteiger partial charge in [-0.3, -0.25) is 4.79 Å². The van der Waals surface area contributed by atoms with Gasteiger partial charge in [0.2, 0.25) is 15.0 Å². The largest absolute Gasteiger partial charge is 0.497 e. The lowest BCUT2D eigenvalue weighted by molar-refractivity contribution is 0.101. The van der Waals surface area contributed by atoms with E-state index in [1.807, 2.05) is 32.0 Å². The Bertz CT molecular complexity index is 1210. The van der Waals surface area contributed by atoms with Crippen LogP contribution in [0.5, 0.6) is 5.75 Å². The molecule has 0 aliphatic carbocycles. The molecule has 0 saturated heterocycles. The minimum absolute atomic E-state index is 0.0535. The first-order chi connectivity index (χ1) is 13.8. The third-order valence-corrected chi connectivity index (χ3v) is 6.59. The van der Waals surface area contributed by atoms with Crippen LogP contribution in [0, 0.1) is 13.8 Å². The van der Waals surface area contributed by atoms with Gasteiger partial charge in [0.25, 0.3) is 5.91 Å². The van der Waals surface area contributed by atoms with Gasteiger partial charge in [0.1, 0.15) is 17.1 Å². The van der Waals surface area contributed by atoms with E-state index in [0.29, 0.717) is 22.7 Å². The second-order valence-corrected chi connectivity index (χ2v) is 9.07. The third-order valence-electron chi connectivity index (χ3n) is 5.00. The molecule has 1 amide bonds. The maximum Gasteiger partial charge on any atom is 0.274 e. The molecule has 0 spiro atoms. The Morgan fingerprint density at radius 3 is 2.52 bits per heavy atom. The highest BCUT2D eigenvalue weighted by molar-refractivity contribution is 7.91. The van der Waals surface area contributed by atoms with Crippen molar-refractivity contribution in [2.45, 2.75) is 25.5 Å². The number of sulfone groups is 1. The number of carbonyl (C=O) groups excluding carboxylic acids is 1. The zero-order valence-corrected chi connectivity index (χ0v) is 17.2. The lowest BCUT2D eigenvalue weighted by Crippen LogP contribution is -2.18. The van der Waals surface area contributed by atoms with Crippen molar-refractivity contribution in [1.29, 1.82) is 0 Å². The molecule has 150 valence electrons. The Morgan fingerprint density at radius 2 is 1.86 bits per heavy atom. The molecule has 0 bridgehead atoms. The van der Waals surface area contributed by atoms with E-state index >= 15 is 0 Å². The lowest BCUT2D eigenvalue weighted by atomic mass is 10.1. The third kappa shape index (κ3) is 3.40. The molecule has 7 nitrogen and oxygen atoms in total. The van der Waals surface area contributed by atoms with E-state index in [1.165, 1.54) is 4.57 Å². The standard InChI is InChI=1S/C21H21N3O4S/c1-13-4-9-17(14(2)12-13)22-20(25)19-18(15-5-7-16(28-3)8-6-15)23-21-24(19)10-11-29(21,26)27/h4-9,12H,10-11H2,1-3H3,(H,22,25). The fourth-order valence-electron chi connectivity index (χ4n) is 3.50. The first-order valence-electron chi connectivity index (χ1n) is 9.16. The van der Waals surface area contributed by atoms with Crippen LogP contribution in [0.3, 0.4) is 0 Å². The minimum Gasteiger partial charge on any atom is -0.497 e. The number of rotatable bonds is 4. The van der Waals surface area contributed by atoms with Gasteiger partial charge in [-0.15, -0.1) is 0 Å². The van der Waals surface area contributed by atoms with Crippen molar-refractivity contribution in [3.05, 3.63) is 59.3 Å². The molecule has 1 N–H and O–H groups in total. The molecular weight excluding hydrogens is 390 g/mol. The van der Waals surface area contributed by atoms with E-state index in [-0.39, 0.29) is 23.1 Å². The van der Waals surface area contributed by atoms with Crippen molar-refractivity contribution in [2.24, 2.45) is 0 Å². The summed E-state index contributed by atoms with van der Waals surface area (Å²) in [4.78, 5) is 17.6. The van der Waals surface area contributed by atoms with Crippen LogP contribution < -0.4 is 10.1 Å². The van der Waals surface area contributed by atoms with Crippen molar-refractivity contribution in [2.75, 3.05) is 18.2 Å². The minimum atomic E-state index is -3.50. The molecule has 4 rings (SSSR count). The SMILES string of the molecule is COc1ccc(-c2nc3n(c2C(=O)Nc2ccc(C)cc2C)CCS3(=O)=O)cc1. The van der Waals surface area contributed by atoms with Crippen LogP contribution in [-0.4, -0.2) is 36.7 Å². The zero-order valence-electron chi connectivity index (χ0n) is 16.4. The Kier molecular flexibility index (Phi) is 4.66. The normalized spacial score (nSPS) is 14.4. The molecular formula is C21H21N3O4S. The smallest absolute Gasteiger partial charge is 0.274 e. The van der Waals surface area contributed by atoms with Crippen LogP contribution in [0.1, 0.15) is 21.6 Å². The van der Waals surface area contributed by atoms with Crippen molar-refractivity contribution in [3.8, 4) is 17.0 Å². The number of fused-ring (bicyclic) bond motifs is 1. The van der Waals surface area contributed by atoms with Gasteiger partial charge in [-0.1, -0.05) is 17.7 Å². The number of imidazole rings is 1. The van der Waals surface area contributed by atoms with Crippen LogP contribution >= 0.6 is 0 Å². The number of methoxy groups -OCH3 is 1. The van der Waals surface area contributed by atoms with Crippen molar-refractivity contribution < 1.29 is 17.9 Å². The number of carbonyl (C=O) groups is 1. The number of benzene rings is 2. The number of aryl methyl sites for hydroxylation is 2. The number of anilines is 1. The second kappa shape index (κ2) is 7.04. The van der Waals surface area contributed by atoms with Crippen LogP contribution in [0.4, 0.5) is 5.69 Å². The summed E-state index contributed by atoms with van der Waals surface area (Å²) < 4.78 is 31.4. The molecule has 3 aromatic rings.